The third-order valence-corrected chi connectivity index (χ3v) is 2.97. The van der Waals surface area contributed by atoms with Crippen molar-refractivity contribution in [2.45, 2.75) is 25.2 Å². The predicted molar refractivity (Wildman–Crippen MR) is 83.2 cm³/mol. The average molecular weight is 257 g/mol. The van der Waals surface area contributed by atoms with Crippen molar-refractivity contribution in [3.8, 4) is 0 Å². The SMILES string of the molecule is C=CC(/C=N/Sc1ccc(C)cc1)=C\C=C/CC. The Bertz CT molecular complexity index is 452. The molecule has 0 aliphatic heterocycles. The van der Waals surface area contributed by atoms with Crippen LogP contribution < -0.4 is 0 Å². The fourth-order valence-corrected chi connectivity index (χ4v) is 1.78. The smallest absolute Gasteiger partial charge is 0.0427 e. The van der Waals surface area contributed by atoms with E-state index < -0.39 is 0 Å². The Morgan fingerprint density at radius 2 is 2.06 bits per heavy atom. The molecule has 0 radical (unpaired) electrons. The normalized spacial score (nSPS) is 12.4. The topological polar surface area (TPSA) is 12.4 Å². The molecule has 0 N–H and O–H groups in total. The van der Waals surface area contributed by atoms with Crippen LogP contribution in [0, 0.1) is 6.92 Å². The third kappa shape index (κ3) is 5.69. The molecule has 1 aromatic rings. The van der Waals surface area contributed by atoms with E-state index in [1.807, 2.05) is 18.4 Å². The van der Waals surface area contributed by atoms with Crippen molar-refractivity contribution < 1.29 is 0 Å². The van der Waals surface area contributed by atoms with E-state index in [4.69, 9.17) is 0 Å². The highest BCUT2D eigenvalue weighted by Crippen LogP contribution is 2.19. The molecule has 0 aliphatic rings. The molecule has 0 fully saturated rings. The molecule has 0 bridgehead atoms. The van der Waals surface area contributed by atoms with Crippen molar-refractivity contribution >= 4 is 18.2 Å². The number of rotatable bonds is 6. The van der Waals surface area contributed by atoms with Gasteiger partial charge in [-0.3, -0.25) is 0 Å². The molecule has 1 nitrogen and oxygen atoms in total. The van der Waals surface area contributed by atoms with Crippen LogP contribution in [0.3, 0.4) is 0 Å². The molecule has 0 spiro atoms. The molecule has 0 heterocycles. The van der Waals surface area contributed by atoms with Gasteiger partial charge >= 0.3 is 0 Å². The molecule has 18 heavy (non-hydrogen) atoms. The van der Waals surface area contributed by atoms with Gasteiger partial charge in [-0.25, -0.2) is 4.40 Å². The van der Waals surface area contributed by atoms with Gasteiger partial charge in [0.2, 0.25) is 0 Å². The lowest BCUT2D eigenvalue weighted by Crippen LogP contribution is -1.77. The lowest BCUT2D eigenvalue weighted by Gasteiger charge is -1.96. The first kappa shape index (κ1) is 14.5. The van der Waals surface area contributed by atoms with Gasteiger partial charge in [0.25, 0.3) is 0 Å². The van der Waals surface area contributed by atoms with E-state index in [9.17, 15) is 0 Å². The van der Waals surface area contributed by atoms with Crippen LogP contribution in [0.25, 0.3) is 0 Å². The summed E-state index contributed by atoms with van der Waals surface area (Å²) < 4.78 is 4.34. The molecule has 0 atom stereocenters. The van der Waals surface area contributed by atoms with Gasteiger partial charge in [0.15, 0.2) is 0 Å². The van der Waals surface area contributed by atoms with E-state index in [0.717, 1.165) is 16.9 Å². The van der Waals surface area contributed by atoms with Crippen molar-refractivity contribution in [1.29, 1.82) is 0 Å². The number of benzene rings is 1. The summed E-state index contributed by atoms with van der Waals surface area (Å²) in [6, 6.07) is 8.33. The van der Waals surface area contributed by atoms with Gasteiger partial charge in [0.1, 0.15) is 0 Å². The summed E-state index contributed by atoms with van der Waals surface area (Å²) in [4.78, 5) is 1.14. The van der Waals surface area contributed by atoms with Gasteiger partial charge in [-0.05, 0) is 31.1 Å². The molecular weight excluding hydrogens is 238 g/mol. The van der Waals surface area contributed by atoms with Gasteiger partial charge in [-0.1, -0.05) is 55.5 Å². The third-order valence-electron chi connectivity index (χ3n) is 2.28. The van der Waals surface area contributed by atoms with Crippen molar-refractivity contribution in [2.24, 2.45) is 4.40 Å². The quantitative estimate of drug-likeness (QED) is 0.390. The molecule has 2 heteroatoms. The number of hydrogen-bond acceptors (Lipinski definition) is 2. The van der Waals surface area contributed by atoms with Crippen molar-refractivity contribution in [3.63, 3.8) is 0 Å². The zero-order valence-corrected chi connectivity index (χ0v) is 11.8. The maximum absolute atomic E-state index is 4.34. The maximum atomic E-state index is 4.34. The molecule has 0 unspecified atom stereocenters. The Kier molecular flexibility index (Phi) is 6.89. The minimum atomic E-state index is 1.01. The van der Waals surface area contributed by atoms with Gasteiger partial charge in [-0.15, -0.1) is 0 Å². The number of nitrogens with zero attached hydrogens (tertiary/aromatic N) is 1. The molecule has 1 rings (SSSR count). The standard InChI is InChI=1S/C16H19NS/c1-4-6-7-8-15(5-2)13-17-18-16-11-9-14(3)10-12-16/h5-13H,2,4H2,1,3H3/b7-6-,15-8+,17-13+. The summed E-state index contributed by atoms with van der Waals surface area (Å²) in [6.45, 7) is 7.96. The van der Waals surface area contributed by atoms with Gasteiger partial charge in [0.05, 0.1) is 0 Å². The van der Waals surface area contributed by atoms with Crippen LogP contribution >= 0.6 is 11.9 Å². The zero-order valence-electron chi connectivity index (χ0n) is 11.0. The molecule has 0 aromatic heterocycles. The zero-order chi connectivity index (χ0) is 13.2. The average Bonchev–Trinajstić information content (AvgIpc) is 2.39. The van der Waals surface area contributed by atoms with Crippen LogP contribution in [0.5, 0.6) is 0 Å². The van der Waals surface area contributed by atoms with Gasteiger partial charge in [0, 0.05) is 23.1 Å². The molecule has 0 amide bonds. The number of aryl methyl sites for hydroxylation is 1. The number of hydrogen-bond donors (Lipinski definition) is 0. The Hall–Kier alpha value is -1.54. The van der Waals surface area contributed by atoms with Crippen molar-refractivity contribution in [2.75, 3.05) is 0 Å². The van der Waals surface area contributed by atoms with E-state index in [0.29, 0.717) is 0 Å². The van der Waals surface area contributed by atoms with E-state index in [1.54, 1.807) is 6.08 Å². The largest absolute Gasteiger partial charge is 0.219 e. The van der Waals surface area contributed by atoms with Gasteiger partial charge in [-0.2, -0.15) is 0 Å². The summed E-state index contributed by atoms with van der Waals surface area (Å²) >= 11 is 1.47. The first-order valence-electron chi connectivity index (χ1n) is 6.02. The lowest BCUT2D eigenvalue weighted by atomic mass is 10.2. The second-order valence-electron chi connectivity index (χ2n) is 3.85. The molecule has 0 saturated carbocycles. The highest BCUT2D eigenvalue weighted by atomic mass is 32.2. The van der Waals surface area contributed by atoms with Crippen LogP contribution in [0.15, 0.2) is 70.0 Å². The molecule has 0 saturated heterocycles. The van der Waals surface area contributed by atoms with E-state index >= 15 is 0 Å². The molecule has 0 aliphatic carbocycles. The molecule has 1 aromatic carbocycles. The monoisotopic (exact) mass is 257 g/mol. The van der Waals surface area contributed by atoms with Crippen molar-refractivity contribution in [3.05, 3.63) is 66.3 Å². The first-order valence-corrected chi connectivity index (χ1v) is 6.80. The molecular formula is C16H19NS. The fraction of sp³-hybridized carbons (Fsp3) is 0.188. The van der Waals surface area contributed by atoms with Crippen LogP contribution in [-0.2, 0) is 0 Å². The molecule has 94 valence electrons. The highest BCUT2D eigenvalue weighted by molar-refractivity contribution is 7.98. The Morgan fingerprint density at radius 3 is 2.67 bits per heavy atom. The second kappa shape index (κ2) is 8.54. The van der Waals surface area contributed by atoms with Crippen molar-refractivity contribution in [1.82, 2.24) is 0 Å². The maximum Gasteiger partial charge on any atom is 0.0427 e. The summed E-state index contributed by atoms with van der Waals surface area (Å²) in [5.41, 5.74) is 2.28. The number of allylic oxidation sites excluding steroid dienone is 5. The van der Waals surface area contributed by atoms with Crippen LogP contribution in [0.4, 0.5) is 0 Å². The summed E-state index contributed by atoms with van der Waals surface area (Å²) in [5, 5.41) is 0. The first-order chi connectivity index (χ1) is 8.76. The van der Waals surface area contributed by atoms with E-state index in [1.165, 1.54) is 17.5 Å². The fourth-order valence-electron chi connectivity index (χ4n) is 1.23. The summed E-state index contributed by atoms with van der Waals surface area (Å²) in [7, 11) is 0. The minimum absolute atomic E-state index is 1.01. The lowest BCUT2D eigenvalue weighted by molar-refractivity contribution is 1.22. The van der Waals surface area contributed by atoms with E-state index in [-0.39, 0.29) is 0 Å². The minimum Gasteiger partial charge on any atom is -0.219 e. The van der Waals surface area contributed by atoms with Crippen LogP contribution in [0.1, 0.15) is 18.9 Å². The summed E-state index contributed by atoms with van der Waals surface area (Å²) in [5.74, 6) is 0. The predicted octanol–water partition coefficient (Wildman–Crippen LogP) is 5.15. The second-order valence-corrected chi connectivity index (χ2v) is 4.71. The van der Waals surface area contributed by atoms with Crippen LogP contribution in [0.2, 0.25) is 0 Å². The Balaban J connectivity index is 2.57. The Labute approximate surface area is 114 Å². The van der Waals surface area contributed by atoms with E-state index in [2.05, 4.69) is 55.2 Å². The Morgan fingerprint density at radius 1 is 1.33 bits per heavy atom. The van der Waals surface area contributed by atoms with Gasteiger partial charge < -0.3 is 0 Å². The highest BCUT2D eigenvalue weighted by Gasteiger charge is 1.91. The van der Waals surface area contributed by atoms with Crippen LogP contribution in [-0.4, -0.2) is 6.21 Å². The summed E-state index contributed by atoms with van der Waals surface area (Å²) in [6.07, 6.45) is 10.8.